The van der Waals surface area contributed by atoms with Gasteiger partial charge in [-0.1, -0.05) is 36.4 Å². The number of aromatic carboxylic acids is 1. The van der Waals surface area contributed by atoms with E-state index >= 15 is 0 Å². The average molecular weight is 354 g/mol. The van der Waals surface area contributed by atoms with Gasteiger partial charge < -0.3 is 19.5 Å². The number of aliphatic hydroxyl groups is 1. The van der Waals surface area contributed by atoms with Crippen LogP contribution in [0, 0.1) is 0 Å². The van der Waals surface area contributed by atoms with Crippen molar-refractivity contribution in [2.75, 3.05) is 6.61 Å². The minimum atomic E-state index is -0.968. The van der Waals surface area contributed by atoms with Gasteiger partial charge in [0.15, 0.2) is 0 Å². The van der Waals surface area contributed by atoms with Crippen LogP contribution >= 0.6 is 0 Å². The largest absolute Gasteiger partial charge is 0.492 e. The summed E-state index contributed by atoms with van der Waals surface area (Å²) in [6.45, 7) is 7.61. The highest BCUT2D eigenvalue weighted by atomic mass is 16.7. The number of hydrogen-bond acceptors (Lipinski definition) is 4. The summed E-state index contributed by atoms with van der Waals surface area (Å²) in [6.07, 6.45) is 1.82. The minimum Gasteiger partial charge on any atom is -0.478 e. The van der Waals surface area contributed by atoms with Crippen molar-refractivity contribution in [3.8, 4) is 0 Å². The van der Waals surface area contributed by atoms with Gasteiger partial charge in [-0.25, -0.2) is 4.79 Å². The molecule has 1 aliphatic rings. The zero-order chi connectivity index (χ0) is 19.1. The highest BCUT2D eigenvalue weighted by Gasteiger charge is 2.52. The summed E-state index contributed by atoms with van der Waals surface area (Å²) < 4.78 is 12.0. The van der Waals surface area contributed by atoms with Crippen LogP contribution in [0.1, 0.15) is 43.6 Å². The number of carbonyl (C=O) groups is 1. The molecule has 2 aromatic carbocycles. The van der Waals surface area contributed by atoms with E-state index in [1.54, 1.807) is 24.3 Å². The van der Waals surface area contributed by atoms with Gasteiger partial charge >= 0.3 is 13.1 Å². The van der Waals surface area contributed by atoms with Crippen molar-refractivity contribution < 1.29 is 24.3 Å². The van der Waals surface area contributed by atoms with E-state index in [2.05, 4.69) is 0 Å². The third-order valence-corrected chi connectivity index (χ3v) is 5.27. The molecule has 3 rings (SSSR count). The second-order valence-electron chi connectivity index (χ2n) is 7.52. The van der Waals surface area contributed by atoms with Crippen LogP contribution in [-0.2, 0) is 9.31 Å². The van der Waals surface area contributed by atoms with Crippen LogP contribution in [0.5, 0.6) is 0 Å². The maximum absolute atomic E-state index is 11.5. The third kappa shape index (κ3) is 3.16. The van der Waals surface area contributed by atoms with Crippen molar-refractivity contribution in [1.29, 1.82) is 0 Å². The predicted octanol–water partition coefficient (Wildman–Crippen LogP) is 3.55. The molecule has 1 saturated heterocycles. The summed E-state index contributed by atoms with van der Waals surface area (Å²) >= 11 is 0. The topological polar surface area (TPSA) is 76.0 Å². The molecule has 0 bridgehead atoms. The van der Waals surface area contributed by atoms with E-state index in [9.17, 15) is 15.0 Å². The van der Waals surface area contributed by atoms with Crippen LogP contribution in [0.25, 0.3) is 16.8 Å². The number of benzene rings is 2. The number of fused-ring (bicyclic) bond motifs is 1. The minimum absolute atomic E-state index is 0.216. The zero-order valence-corrected chi connectivity index (χ0v) is 15.4. The lowest BCUT2D eigenvalue weighted by Gasteiger charge is -2.32. The molecule has 0 unspecified atom stereocenters. The first kappa shape index (κ1) is 18.6. The van der Waals surface area contributed by atoms with Gasteiger partial charge in [0, 0.05) is 0 Å². The van der Waals surface area contributed by atoms with Crippen LogP contribution in [0.15, 0.2) is 41.9 Å². The molecule has 6 heteroatoms. The molecular formula is C20H23BO5. The van der Waals surface area contributed by atoms with E-state index in [1.165, 1.54) is 0 Å². The molecule has 26 heavy (non-hydrogen) atoms. The monoisotopic (exact) mass is 354 g/mol. The van der Waals surface area contributed by atoms with Gasteiger partial charge in [0.2, 0.25) is 0 Å². The van der Waals surface area contributed by atoms with Crippen LogP contribution in [0.3, 0.4) is 0 Å². The number of aliphatic hydroxyl groups excluding tert-OH is 1. The van der Waals surface area contributed by atoms with Crippen LogP contribution < -0.4 is 0 Å². The molecule has 0 saturated carbocycles. The highest BCUT2D eigenvalue weighted by Crippen LogP contribution is 2.39. The fourth-order valence-corrected chi connectivity index (χ4v) is 3.03. The predicted molar refractivity (Wildman–Crippen MR) is 102 cm³/mol. The molecule has 0 amide bonds. The maximum Gasteiger partial charge on any atom is 0.492 e. The second kappa shape index (κ2) is 6.54. The lowest BCUT2D eigenvalue weighted by atomic mass is 9.77. The number of rotatable bonds is 4. The summed E-state index contributed by atoms with van der Waals surface area (Å²) in [4.78, 5) is 11.5. The van der Waals surface area contributed by atoms with Crippen LogP contribution in [-0.4, -0.2) is 41.1 Å². The Morgan fingerprint density at radius 1 is 1.04 bits per heavy atom. The standard InChI is InChI=1S/C20H23BO5/c1-19(2)20(3,4)26-21(25-19)14(12-22)11-13-7-5-9-16-15(13)8-6-10-17(16)18(23)24/h5-11,22H,12H2,1-4H3,(H,23,24). The Bertz CT molecular complexity index is 869. The van der Waals surface area contributed by atoms with Crippen LogP contribution in [0.4, 0.5) is 0 Å². The summed E-state index contributed by atoms with van der Waals surface area (Å²) in [5.74, 6) is -0.968. The summed E-state index contributed by atoms with van der Waals surface area (Å²) in [5.41, 5.74) is 0.655. The first-order chi connectivity index (χ1) is 12.2. The molecule has 1 heterocycles. The van der Waals surface area contributed by atoms with Gasteiger partial charge in [-0.05, 0) is 55.6 Å². The van der Waals surface area contributed by atoms with Crippen molar-refractivity contribution >= 4 is 29.9 Å². The quantitative estimate of drug-likeness (QED) is 0.822. The lowest BCUT2D eigenvalue weighted by Crippen LogP contribution is -2.41. The molecule has 0 atom stereocenters. The zero-order valence-electron chi connectivity index (χ0n) is 15.4. The number of carboxylic acids is 1. The fourth-order valence-electron chi connectivity index (χ4n) is 3.03. The van der Waals surface area contributed by atoms with Gasteiger partial charge in [0.1, 0.15) is 0 Å². The Labute approximate surface area is 153 Å². The lowest BCUT2D eigenvalue weighted by molar-refractivity contribution is 0.00578. The molecule has 136 valence electrons. The summed E-state index contributed by atoms with van der Waals surface area (Å²) in [6, 6.07) is 10.6. The SMILES string of the molecule is CC1(C)OB(C(=Cc2cccc3c(C(=O)O)cccc23)CO)OC1(C)C. The Balaban J connectivity index is 2.06. The molecule has 2 aromatic rings. The summed E-state index contributed by atoms with van der Waals surface area (Å²) in [5, 5.41) is 20.7. The van der Waals surface area contributed by atoms with Gasteiger partial charge in [0.05, 0.1) is 23.4 Å². The molecule has 0 spiro atoms. The van der Waals surface area contributed by atoms with E-state index in [1.807, 2.05) is 45.9 Å². The van der Waals surface area contributed by atoms with Gasteiger partial charge in [-0.15, -0.1) is 0 Å². The number of carboxylic acid groups (broad SMARTS) is 1. The Morgan fingerprint density at radius 2 is 1.62 bits per heavy atom. The third-order valence-electron chi connectivity index (χ3n) is 5.27. The molecule has 0 aliphatic carbocycles. The van der Waals surface area contributed by atoms with Crippen molar-refractivity contribution in [2.45, 2.75) is 38.9 Å². The first-order valence-electron chi connectivity index (χ1n) is 8.58. The van der Waals surface area contributed by atoms with E-state index < -0.39 is 24.3 Å². The number of hydrogen-bond donors (Lipinski definition) is 2. The maximum atomic E-state index is 11.5. The molecule has 2 N–H and O–H groups in total. The normalized spacial score (nSPS) is 19.1. The van der Waals surface area contributed by atoms with Crippen molar-refractivity contribution in [3.05, 3.63) is 53.0 Å². The van der Waals surface area contributed by atoms with Crippen molar-refractivity contribution in [1.82, 2.24) is 0 Å². The van der Waals surface area contributed by atoms with Crippen LogP contribution in [0.2, 0.25) is 0 Å². The Morgan fingerprint density at radius 3 is 2.19 bits per heavy atom. The van der Waals surface area contributed by atoms with E-state index in [4.69, 9.17) is 9.31 Å². The van der Waals surface area contributed by atoms with Crippen molar-refractivity contribution in [2.24, 2.45) is 0 Å². The molecular weight excluding hydrogens is 331 g/mol. The highest BCUT2D eigenvalue weighted by molar-refractivity contribution is 6.56. The van der Waals surface area contributed by atoms with E-state index in [0.29, 0.717) is 10.9 Å². The average Bonchev–Trinajstić information content (AvgIpc) is 2.79. The molecule has 1 aliphatic heterocycles. The second-order valence-corrected chi connectivity index (χ2v) is 7.52. The Kier molecular flexibility index (Phi) is 4.69. The molecule has 1 fully saturated rings. The Hall–Kier alpha value is -2.15. The van der Waals surface area contributed by atoms with Gasteiger partial charge in [0.25, 0.3) is 0 Å². The van der Waals surface area contributed by atoms with E-state index in [0.717, 1.165) is 10.9 Å². The summed E-state index contributed by atoms with van der Waals surface area (Å²) in [7, 11) is -0.650. The van der Waals surface area contributed by atoms with Gasteiger partial charge in [-0.2, -0.15) is 0 Å². The van der Waals surface area contributed by atoms with E-state index in [-0.39, 0.29) is 12.2 Å². The first-order valence-corrected chi connectivity index (χ1v) is 8.58. The smallest absolute Gasteiger partial charge is 0.478 e. The van der Waals surface area contributed by atoms with Crippen molar-refractivity contribution in [3.63, 3.8) is 0 Å². The fraction of sp³-hybridized carbons (Fsp3) is 0.350. The van der Waals surface area contributed by atoms with Gasteiger partial charge in [-0.3, -0.25) is 0 Å². The molecule has 0 radical (unpaired) electrons. The molecule has 5 nitrogen and oxygen atoms in total. The molecule has 0 aromatic heterocycles.